The normalized spacial score (nSPS) is 22.8. The van der Waals surface area contributed by atoms with Gasteiger partial charge in [0.05, 0.1) is 6.10 Å². The Labute approximate surface area is 65.9 Å². The van der Waals surface area contributed by atoms with E-state index in [0.29, 0.717) is 6.54 Å². The van der Waals surface area contributed by atoms with Gasteiger partial charge in [0.15, 0.2) is 0 Å². The summed E-state index contributed by atoms with van der Waals surface area (Å²) in [6, 6.07) is 8.69. The van der Waals surface area contributed by atoms with Crippen LogP contribution in [0.25, 0.3) is 0 Å². The van der Waals surface area contributed by atoms with Crippen LogP contribution < -0.4 is 5.32 Å². The Morgan fingerprint density at radius 2 is 2.55 bits per heavy atom. The van der Waals surface area contributed by atoms with Gasteiger partial charge in [-0.25, -0.2) is 0 Å². The van der Waals surface area contributed by atoms with Crippen LogP contribution in [-0.2, 0) is 6.54 Å². The van der Waals surface area contributed by atoms with Gasteiger partial charge in [0.2, 0.25) is 0 Å². The fourth-order valence-corrected chi connectivity index (χ4v) is 1.40. The third-order valence-electron chi connectivity index (χ3n) is 2.00. The lowest BCUT2D eigenvalue weighted by atomic mass is 9.99. The predicted molar refractivity (Wildman–Crippen MR) is 41.9 cm³/mol. The molecule has 1 aromatic carbocycles. The summed E-state index contributed by atoms with van der Waals surface area (Å²) in [6.45, 7) is 1.52. The third-order valence-corrected chi connectivity index (χ3v) is 2.00. The summed E-state index contributed by atoms with van der Waals surface area (Å²) in [5.41, 5.74) is 2.20. The molecule has 1 atom stereocenters. The lowest BCUT2D eigenvalue weighted by molar-refractivity contribution is 0.165. The second-order valence-corrected chi connectivity index (χ2v) is 2.77. The van der Waals surface area contributed by atoms with E-state index in [1.54, 1.807) is 0 Å². The Bertz CT molecular complexity index is 259. The molecule has 1 aromatic rings. The van der Waals surface area contributed by atoms with Crippen molar-refractivity contribution in [1.29, 1.82) is 0 Å². The van der Waals surface area contributed by atoms with Crippen molar-refractivity contribution >= 4 is 0 Å². The number of rotatable bonds is 0. The van der Waals surface area contributed by atoms with Gasteiger partial charge in [0.1, 0.15) is 0 Å². The lowest BCUT2D eigenvalue weighted by Crippen LogP contribution is -2.27. The Morgan fingerprint density at radius 3 is 3.36 bits per heavy atom. The minimum absolute atomic E-state index is 0.351. The van der Waals surface area contributed by atoms with Crippen LogP contribution in [0.4, 0.5) is 0 Å². The average molecular weight is 148 g/mol. The van der Waals surface area contributed by atoms with Crippen molar-refractivity contribution in [2.24, 2.45) is 0 Å². The van der Waals surface area contributed by atoms with Gasteiger partial charge in [0.25, 0.3) is 0 Å². The largest absolute Gasteiger partial charge is 0.387 e. The smallest absolute Gasteiger partial charge is 0.0917 e. The third kappa shape index (κ3) is 1.15. The maximum Gasteiger partial charge on any atom is 0.0917 e. The highest BCUT2D eigenvalue weighted by Gasteiger charge is 2.15. The number of benzene rings is 1. The monoisotopic (exact) mass is 148 g/mol. The summed E-state index contributed by atoms with van der Waals surface area (Å²) in [7, 11) is 0. The zero-order valence-electron chi connectivity index (χ0n) is 6.17. The van der Waals surface area contributed by atoms with Gasteiger partial charge in [-0.2, -0.15) is 0 Å². The molecule has 1 unspecified atom stereocenters. The highest BCUT2D eigenvalue weighted by molar-refractivity contribution is 5.30. The summed E-state index contributed by atoms with van der Waals surface area (Å²) >= 11 is 0. The molecule has 2 heteroatoms. The maximum absolute atomic E-state index is 9.48. The Morgan fingerprint density at radius 1 is 1.64 bits per heavy atom. The molecular formula is C9H10NO. The fraction of sp³-hybridized carbons (Fsp3) is 0.333. The van der Waals surface area contributed by atoms with Crippen LogP contribution in [0.15, 0.2) is 18.2 Å². The molecule has 0 aromatic heterocycles. The summed E-state index contributed by atoms with van der Waals surface area (Å²) in [4.78, 5) is 0. The molecule has 2 rings (SSSR count). The SMILES string of the molecule is OC1CNCc2cc[c]cc21. The number of aliphatic hydroxyl groups excluding tert-OH is 1. The van der Waals surface area contributed by atoms with E-state index in [1.165, 1.54) is 5.56 Å². The van der Waals surface area contributed by atoms with Crippen LogP contribution in [0.2, 0.25) is 0 Å². The Kier molecular flexibility index (Phi) is 1.64. The molecule has 1 heterocycles. The molecule has 2 N–H and O–H groups in total. The zero-order chi connectivity index (χ0) is 7.68. The Balaban J connectivity index is 2.44. The van der Waals surface area contributed by atoms with Crippen LogP contribution in [0.1, 0.15) is 17.2 Å². The average Bonchev–Trinajstić information content (AvgIpc) is 2.06. The standard InChI is InChI=1S/C9H10NO/c11-9-6-10-5-7-3-1-2-4-8(7)9/h1,3-4,9-11H,5-6H2. The van der Waals surface area contributed by atoms with Crippen LogP contribution in [0.3, 0.4) is 0 Å². The van der Waals surface area contributed by atoms with E-state index < -0.39 is 0 Å². The van der Waals surface area contributed by atoms with E-state index in [0.717, 1.165) is 12.1 Å². The van der Waals surface area contributed by atoms with Gasteiger partial charge in [-0.1, -0.05) is 12.1 Å². The molecule has 0 fully saturated rings. The van der Waals surface area contributed by atoms with Crippen molar-refractivity contribution in [3.63, 3.8) is 0 Å². The number of fused-ring (bicyclic) bond motifs is 1. The molecule has 57 valence electrons. The number of hydrogen-bond donors (Lipinski definition) is 2. The van der Waals surface area contributed by atoms with Crippen LogP contribution >= 0.6 is 0 Å². The molecular weight excluding hydrogens is 138 g/mol. The summed E-state index contributed by atoms with van der Waals surface area (Å²) in [5.74, 6) is 0. The molecule has 1 aliphatic heterocycles. The molecule has 11 heavy (non-hydrogen) atoms. The second-order valence-electron chi connectivity index (χ2n) is 2.77. The van der Waals surface area contributed by atoms with E-state index in [9.17, 15) is 5.11 Å². The van der Waals surface area contributed by atoms with E-state index in [4.69, 9.17) is 0 Å². The topological polar surface area (TPSA) is 32.3 Å². The quantitative estimate of drug-likeness (QED) is 0.565. The number of hydrogen-bond acceptors (Lipinski definition) is 2. The van der Waals surface area contributed by atoms with Crippen LogP contribution in [0.5, 0.6) is 0 Å². The van der Waals surface area contributed by atoms with Crippen molar-refractivity contribution in [3.05, 3.63) is 35.4 Å². The first-order valence-corrected chi connectivity index (χ1v) is 3.75. The molecule has 0 saturated carbocycles. The van der Waals surface area contributed by atoms with Gasteiger partial charge in [-0.15, -0.1) is 0 Å². The van der Waals surface area contributed by atoms with Gasteiger partial charge in [-0.05, 0) is 23.3 Å². The van der Waals surface area contributed by atoms with Crippen molar-refractivity contribution in [1.82, 2.24) is 5.32 Å². The van der Waals surface area contributed by atoms with Gasteiger partial charge in [-0.3, -0.25) is 0 Å². The van der Waals surface area contributed by atoms with E-state index in [-0.39, 0.29) is 6.10 Å². The molecule has 0 saturated heterocycles. The van der Waals surface area contributed by atoms with Crippen molar-refractivity contribution in [2.75, 3.05) is 6.54 Å². The molecule has 0 aliphatic carbocycles. The molecule has 0 spiro atoms. The lowest BCUT2D eigenvalue weighted by Gasteiger charge is -2.21. The maximum atomic E-state index is 9.48. The molecule has 0 bridgehead atoms. The van der Waals surface area contributed by atoms with E-state index >= 15 is 0 Å². The van der Waals surface area contributed by atoms with Crippen LogP contribution in [0, 0.1) is 6.07 Å². The van der Waals surface area contributed by atoms with Crippen LogP contribution in [-0.4, -0.2) is 11.7 Å². The summed E-state index contributed by atoms with van der Waals surface area (Å²) < 4.78 is 0. The molecule has 2 nitrogen and oxygen atoms in total. The fourth-order valence-electron chi connectivity index (χ4n) is 1.40. The number of nitrogens with one attached hydrogen (secondary N) is 1. The first-order valence-electron chi connectivity index (χ1n) is 3.75. The highest BCUT2D eigenvalue weighted by atomic mass is 16.3. The summed E-state index contributed by atoms with van der Waals surface area (Å²) in [5, 5.41) is 12.6. The van der Waals surface area contributed by atoms with Crippen molar-refractivity contribution in [3.8, 4) is 0 Å². The zero-order valence-corrected chi connectivity index (χ0v) is 6.17. The predicted octanol–water partition coefficient (Wildman–Crippen LogP) is 0.623. The molecule has 0 amide bonds. The Hall–Kier alpha value is -0.860. The minimum Gasteiger partial charge on any atom is -0.387 e. The van der Waals surface area contributed by atoms with Gasteiger partial charge >= 0.3 is 0 Å². The van der Waals surface area contributed by atoms with E-state index in [2.05, 4.69) is 11.4 Å². The van der Waals surface area contributed by atoms with Crippen molar-refractivity contribution < 1.29 is 5.11 Å². The minimum atomic E-state index is -0.351. The first kappa shape index (κ1) is 6.83. The van der Waals surface area contributed by atoms with E-state index in [1.807, 2.05) is 18.2 Å². The summed E-state index contributed by atoms with van der Waals surface area (Å²) in [6.07, 6.45) is -0.351. The van der Waals surface area contributed by atoms with Crippen molar-refractivity contribution in [2.45, 2.75) is 12.6 Å². The number of β-amino-alcohol motifs (C(OH)–C–C–N with tert-alkyl or cyclic N) is 1. The molecule has 1 radical (unpaired) electrons. The number of aliphatic hydroxyl groups is 1. The second kappa shape index (κ2) is 2.64. The first-order chi connectivity index (χ1) is 5.38. The molecule has 1 aliphatic rings. The van der Waals surface area contributed by atoms with Gasteiger partial charge in [0, 0.05) is 13.1 Å². The highest BCUT2D eigenvalue weighted by Crippen LogP contribution is 2.20. The van der Waals surface area contributed by atoms with Gasteiger partial charge < -0.3 is 10.4 Å².